The topological polar surface area (TPSA) is 147 Å². The number of aryl methyl sites for hydroxylation is 2. The Morgan fingerprint density at radius 2 is 1.97 bits per heavy atom. The first-order valence-corrected chi connectivity index (χ1v) is 13.3. The number of furan rings is 1. The number of hydrogen-bond donors (Lipinski definition) is 2. The zero-order valence-corrected chi connectivity index (χ0v) is 20.9. The molecule has 0 bridgehead atoms. The van der Waals surface area contributed by atoms with Gasteiger partial charge in [0.1, 0.15) is 17.8 Å². The van der Waals surface area contributed by atoms with Crippen LogP contribution in [-0.2, 0) is 16.6 Å². The van der Waals surface area contributed by atoms with Crippen molar-refractivity contribution in [3.05, 3.63) is 36.4 Å². The van der Waals surface area contributed by atoms with E-state index in [-0.39, 0.29) is 31.0 Å². The lowest BCUT2D eigenvalue weighted by Crippen LogP contribution is -2.33. The highest BCUT2D eigenvalue weighted by Crippen LogP contribution is 2.45. The second-order valence-electron chi connectivity index (χ2n) is 8.28. The van der Waals surface area contributed by atoms with Crippen LogP contribution in [0.1, 0.15) is 19.6 Å². The van der Waals surface area contributed by atoms with Crippen LogP contribution in [0.3, 0.4) is 0 Å². The zero-order valence-electron chi connectivity index (χ0n) is 19.3. The predicted octanol–water partition coefficient (Wildman–Crippen LogP) is 3.18. The quantitative estimate of drug-likeness (QED) is 0.358. The van der Waals surface area contributed by atoms with E-state index in [0.717, 1.165) is 16.2 Å². The van der Waals surface area contributed by atoms with Gasteiger partial charge in [0.05, 0.1) is 5.75 Å². The molecule has 0 saturated heterocycles. The van der Waals surface area contributed by atoms with E-state index in [4.69, 9.17) is 19.6 Å². The third kappa shape index (κ3) is 4.79. The number of hydrogen-bond acceptors (Lipinski definition) is 10. The number of nitrogens with two attached hydrogens (primary N) is 1. The Morgan fingerprint density at radius 3 is 2.69 bits per heavy atom. The molecule has 0 radical (unpaired) electrons. The summed E-state index contributed by atoms with van der Waals surface area (Å²) in [6.45, 7) is 5.67. The van der Waals surface area contributed by atoms with E-state index >= 15 is 0 Å². The second-order valence-corrected chi connectivity index (χ2v) is 11.2. The molecule has 0 atom stereocenters. The van der Waals surface area contributed by atoms with Gasteiger partial charge in [-0.15, -0.1) is 0 Å². The van der Waals surface area contributed by atoms with Crippen molar-refractivity contribution in [1.82, 2.24) is 24.2 Å². The molecule has 0 fully saturated rings. The lowest BCUT2D eigenvalue weighted by molar-refractivity contribution is 0.174. The molecule has 11 nitrogen and oxygen atoms in total. The van der Waals surface area contributed by atoms with Crippen LogP contribution in [-0.4, -0.2) is 46.5 Å². The van der Waals surface area contributed by atoms with E-state index in [2.05, 4.69) is 19.7 Å². The Bertz CT molecular complexity index is 1510. The maximum absolute atomic E-state index is 12.5. The number of nitrogens with one attached hydrogen (secondary N) is 1. The maximum atomic E-state index is 12.5. The van der Waals surface area contributed by atoms with Crippen molar-refractivity contribution >= 4 is 38.8 Å². The van der Waals surface area contributed by atoms with Crippen LogP contribution >= 0.6 is 11.8 Å². The third-order valence-corrected chi connectivity index (χ3v) is 7.81. The molecule has 1 aromatic carbocycles. The number of anilines is 1. The molecule has 3 aromatic heterocycles. The number of benzene rings is 1. The molecule has 4 heterocycles. The normalized spacial score (nSPS) is 13.3. The molecule has 1 aliphatic rings. The van der Waals surface area contributed by atoms with Crippen LogP contribution in [0.25, 0.3) is 22.5 Å². The van der Waals surface area contributed by atoms with Crippen LogP contribution in [0.15, 0.2) is 45.1 Å². The highest BCUT2D eigenvalue weighted by molar-refractivity contribution is 7.99. The molecule has 0 saturated carbocycles. The molecular formula is C22H24N6O5S2. The fourth-order valence-electron chi connectivity index (χ4n) is 3.72. The highest BCUT2D eigenvalue weighted by Gasteiger charge is 2.24. The molecule has 0 aliphatic carbocycles. The molecule has 4 aromatic rings. The molecule has 3 N–H and O–H groups in total. The molecule has 35 heavy (non-hydrogen) atoms. The lowest BCUT2D eigenvalue weighted by atomic mass is 10.1. The van der Waals surface area contributed by atoms with Crippen molar-refractivity contribution in [3.63, 3.8) is 0 Å². The fraction of sp³-hybridized carbons (Fsp3) is 0.318. The summed E-state index contributed by atoms with van der Waals surface area (Å²) < 4.78 is 46.4. The summed E-state index contributed by atoms with van der Waals surface area (Å²) in [5.41, 5.74) is 7.71. The Kier molecular flexibility index (Phi) is 6.07. The Labute approximate surface area is 206 Å². The zero-order chi connectivity index (χ0) is 24.7. The summed E-state index contributed by atoms with van der Waals surface area (Å²) in [4.78, 5) is 13.8. The Hall–Kier alpha value is -3.29. The van der Waals surface area contributed by atoms with E-state index in [1.54, 1.807) is 18.4 Å². The van der Waals surface area contributed by atoms with Crippen molar-refractivity contribution in [3.8, 4) is 22.8 Å². The van der Waals surface area contributed by atoms with Crippen LogP contribution < -0.4 is 19.9 Å². The number of aromatic nitrogens is 4. The Balaban J connectivity index is 1.58. The Morgan fingerprint density at radius 1 is 1.20 bits per heavy atom. The van der Waals surface area contributed by atoms with E-state index in [1.165, 1.54) is 18.1 Å². The van der Waals surface area contributed by atoms with Gasteiger partial charge in [-0.1, -0.05) is 11.8 Å². The summed E-state index contributed by atoms with van der Waals surface area (Å²) >= 11 is 1.33. The van der Waals surface area contributed by atoms with E-state index in [1.807, 2.05) is 31.2 Å². The standard InChI is InChI=1S/C22H24N6O5S2/c1-12(2)27-35(29,30)7-6-28-21-19(20(23)24-10-25-21)26-22(28)34-18-9-17-16(31-11-32-17)8-14(18)15-5-4-13(3)33-15/h4-5,8-10,12,27H,6-7,11H2,1-3H3,(H2,23,24,25). The second kappa shape index (κ2) is 9.06. The minimum absolute atomic E-state index is 0.122. The molecule has 184 valence electrons. The first kappa shape index (κ1) is 23.5. The summed E-state index contributed by atoms with van der Waals surface area (Å²) in [6.07, 6.45) is 1.34. The number of rotatable bonds is 8. The molecule has 5 rings (SSSR count). The molecule has 0 amide bonds. The van der Waals surface area contributed by atoms with Crippen molar-refractivity contribution < 1.29 is 22.3 Å². The summed E-state index contributed by atoms with van der Waals surface area (Å²) in [5, 5.41) is 0.510. The average molecular weight is 517 g/mol. The summed E-state index contributed by atoms with van der Waals surface area (Å²) in [6, 6.07) is 7.27. The van der Waals surface area contributed by atoms with Gasteiger partial charge < -0.3 is 24.2 Å². The third-order valence-electron chi connectivity index (χ3n) is 5.21. The van der Waals surface area contributed by atoms with E-state index in [0.29, 0.717) is 33.6 Å². The van der Waals surface area contributed by atoms with Crippen LogP contribution in [0.4, 0.5) is 5.82 Å². The number of sulfonamides is 1. The summed E-state index contributed by atoms with van der Waals surface area (Å²) in [5.74, 6) is 2.71. The molecule has 0 spiro atoms. The monoisotopic (exact) mass is 516 g/mol. The first-order valence-electron chi connectivity index (χ1n) is 10.8. The number of nitrogen functional groups attached to an aromatic ring is 1. The minimum Gasteiger partial charge on any atom is -0.461 e. The molecule has 0 unspecified atom stereocenters. The van der Waals surface area contributed by atoms with Gasteiger partial charge in [-0.05, 0) is 45.0 Å². The molecule has 13 heteroatoms. The van der Waals surface area contributed by atoms with Crippen molar-refractivity contribution in [1.29, 1.82) is 0 Å². The summed E-state index contributed by atoms with van der Waals surface area (Å²) in [7, 11) is -3.52. The highest BCUT2D eigenvalue weighted by atomic mass is 32.2. The van der Waals surface area contributed by atoms with Gasteiger partial charge in [-0.2, -0.15) is 0 Å². The fourth-order valence-corrected chi connectivity index (χ4v) is 6.04. The van der Waals surface area contributed by atoms with E-state index in [9.17, 15) is 8.42 Å². The van der Waals surface area contributed by atoms with Gasteiger partial charge in [-0.25, -0.2) is 28.1 Å². The van der Waals surface area contributed by atoms with Crippen molar-refractivity contribution in [2.24, 2.45) is 0 Å². The van der Waals surface area contributed by atoms with Crippen LogP contribution in [0, 0.1) is 6.92 Å². The minimum atomic E-state index is -3.52. The van der Waals surface area contributed by atoms with E-state index < -0.39 is 10.0 Å². The van der Waals surface area contributed by atoms with Gasteiger partial charge >= 0.3 is 0 Å². The maximum Gasteiger partial charge on any atom is 0.231 e. The number of imidazole rings is 1. The van der Waals surface area contributed by atoms with Gasteiger partial charge in [0.25, 0.3) is 0 Å². The molecular weight excluding hydrogens is 492 g/mol. The number of nitrogens with zero attached hydrogens (tertiary/aromatic N) is 4. The van der Waals surface area contributed by atoms with Gasteiger partial charge in [-0.3, -0.25) is 0 Å². The number of fused-ring (bicyclic) bond motifs is 2. The average Bonchev–Trinajstić information content (AvgIpc) is 3.50. The van der Waals surface area contributed by atoms with Crippen molar-refractivity contribution in [2.45, 2.75) is 43.4 Å². The SMILES string of the molecule is Cc1ccc(-c2cc3c(cc2Sc2nc4c(N)ncnc4n2CCS(=O)(=O)NC(C)C)OCO3)o1. The lowest BCUT2D eigenvalue weighted by Gasteiger charge is -2.13. The van der Waals surface area contributed by atoms with Gasteiger partial charge in [0.2, 0.25) is 16.8 Å². The molecule has 1 aliphatic heterocycles. The van der Waals surface area contributed by atoms with Crippen LogP contribution in [0.2, 0.25) is 0 Å². The van der Waals surface area contributed by atoms with Crippen molar-refractivity contribution in [2.75, 3.05) is 18.3 Å². The van der Waals surface area contributed by atoms with Crippen LogP contribution in [0.5, 0.6) is 11.5 Å². The van der Waals surface area contributed by atoms with Gasteiger partial charge in [0, 0.05) is 23.0 Å². The van der Waals surface area contributed by atoms with Gasteiger partial charge in [0.15, 0.2) is 33.6 Å². The predicted molar refractivity (Wildman–Crippen MR) is 131 cm³/mol. The largest absolute Gasteiger partial charge is 0.461 e. The smallest absolute Gasteiger partial charge is 0.231 e. The first-order chi connectivity index (χ1) is 16.7. The number of ether oxygens (including phenoxy) is 2.